The summed E-state index contributed by atoms with van der Waals surface area (Å²) in [5.74, 6) is 0.664. The van der Waals surface area contributed by atoms with Crippen molar-refractivity contribution < 1.29 is 9.90 Å². The maximum atomic E-state index is 12.4. The van der Waals surface area contributed by atoms with Crippen LogP contribution in [0.1, 0.15) is 25.7 Å². The normalized spacial score (nSPS) is 20.2. The number of likely N-dealkylation sites (N-methyl/N-ethyl adjacent to an activating group) is 1. The molecule has 3 heterocycles. The minimum atomic E-state index is -0.941. The topological polar surface area (TPSA) is 87.4 Å². The molecule has 1 fully saturated rings. The zero-order valence-electron chi connectivity index (χ0n) is 15.2. The van der Waals surface area contributed by atoms with Crippen molar-refractivity contribution >= 4 is 11.9 Å². The lowest BCUT2D eigenvalue weighted by Crippen LogP contribution is -2.55. The first kappa shape index (κ1) is 18.3. The van der Waals surface area contributed by atoms with Gasteiger partial charge in [-0.15, -0.1) is 0 Å². The standard InChI is InChI=1S/C18H26N6O2/c1-22(16(25)6-2-12-24-13-5-10-21-24)14-18(26)7-3-11-23(15-18)17-19-8-4-9-20-17/h4-5,8-10,13,26H,2-3,6-7,11-12,14-15H2,1H3/t18-/m1/s1. The van der Waals surface area contributed by atoms with E-state index in [1.807, 2.05) is 21.8 Å². The second kappa shape index (κ2) is 8.27. The Labute approximate surface area is 153 Å². The van der Waals surface area contributed by atoms with Gasteiger partial charge >= 0.3 is 0 Å². The van der Waals surface area contributed by atoms with Gasteiger partial charge in [0.1, 0.15) is 0 Å². The third-order valence-electron chi connectivity index (χ3n) is 4.68. The molecule has 2 aromatic rings. The van der Waals surface area contributed by atoms with Crippen LogP contribution in [0.2, 0.25) is 0 Å². The second-order valence-electron chi connectivity index (χ2n) is 6.92. The molecule has 8 nitrogen and oxygen atoms in total. The number of amides is 1. The minimum Gasteiger partial charge on any atom is -0.386 e. The molecule has 1 N–H and O–H groups in total. The molecule has 1 atom stereocenters. The highest BCUT2D eigenvalue weighted by Crippen LogP contribution is 2.24. The van der Waals surface area contributed by atoms with Crippen molar-refractivity contribution in [1.29, 1.82) is 0 Å². The van der Waals surface area contributed by atoms with Crippen molar-refractivity contribution in [1.82, 2.24) is 24.6 Å². The second-order valence-corrected chi connectivity index (χ2v) is 6.92. The molecule has 1 aliphatic heterocycles. The van der Waals surface area contributed by atoms with E-state index in [1.165, 1.54) is 0 Å². The molecule has 1 saturated heterocycles. The average molecular weight is 358 g/mol. The van der Waals surface area contributed by atoms with Crippen LogP contribution in [-0.2, 0) is 11.3 Å². The molecule has 8 heteroatoms. The number of hydrogen-bond acceptors (Lipinski definition) is 6. The lowest BCUT2D eigenvalue weighted by Gasteiger charge is -2.41. The van der Waals surface area contributed by atoms with Crippen LogP contribution in [0, 0.1) is 0 Å². The van der Waals surface area contributed by atoms with E-state index in [-0.39, 0.29) is 5.91 Å². The number of β-amino-alcohol motifs (C(OH)–C–C–N with tert-alkyl or cyclic N) is 1. The number of rotatable bonds is 7. The molecule has 140 valence electrons. The van der Waals surface area contributed by atoms with Crippen LogP contribution in [0.15, 0.2) is 36.9 Å². The SMILES string of the molecule is CN(C[C@]1(O)CCCN(c2ncccn2)C1)C(=O)CCCn1cccn1. The predicted molar refractivity (Wildman–Crippen MR) is 97.5 cm³/mol. The molecule has 0 radical (unpaired) electrons. The van der Waals surface area contributed by atoms with E-state index in [0.717, 1.165) is 25.9 Å². The van der Waals surface area contributed by atoms with Crippen LogP contribution in [0.4, 0.5) is 5.95 Å². The Morgan fingerprint density at radius 2 is 2.12 bits per heavy atom. The fourth-order valence-corrected chi connectivity index (χ4v) is 3.41. The van der Waals surface area contributed by atoms with E-state index in [4.69, 9.17) is 0 Å². The summed E-state index contributed by atoms with van der Waals surface area (Å²) in [5.41, 5.74) is -0.941. The Morgan fingerprint density at radius 1 is 1.31 bits per heavy atom. The average Bonchev–Trinajstić information content (AvgIpc) is 3.15. The number of hydrogen-bond donors (Lipinski definition) is 1. The molecule has 0 aliphatic carbocycles. The molecule has 26 heavy (non-hydrogen) atoms. The van der Waals surface area contributed by atoms with Gasteiger partial charge < -0.3 is 14.9 Å². The number of aliphatic hydroxyl groups is 1. The smallest absolute Gasteiger partial charge is 0.225 e. The third-order valence-corrected chi connectivity index (χ3v) is 4.68. The highest BCUT2D eigenvalue weighted by atomic mass is 16.3. The first-order chi connectivity index (χ1) is 12.6. The lowest BCUT2D eigenvalue weighted by molar-refractivity contribution is -0.133. The molecule has 0 aromatic carbocycles. The summed E-state index contributed by atoms with van der Waals surface area (Å²) in [7, 11) is 1.76. The molecular formula is C18H26N6O2. The van der Waals surface area contributed by atoms with Crippen molar-refractivity contribution in [2.45, 2.75) is 37.8 Å². The van der Waals surface area contributed by atoms with Crippen LogP contribution in [-0.4, -0.2) is 67.9 Å². The van der Waals surface area contributed by atoms with Crippen LogP contribution >= 0.6 is 0 Å². The fourth-order valence-electron chi connectivity index (χ4n) is 3.41. The summed E-state index contributed by atoms with van der Waals surface area (Å²) < 4.78 is 1.82. The maximum absolute atomic E-state index is 12.4. The zero-order valence-corrected chi connectivity index (χ0v) is 15.2. The van der Waals surface area contributed by atoms with Gasteiger partial charge in [0.15, 0.2) is 0 Å². The van der Waals surface area contributed by atoms with Gasteiger partial charge in [-0.1, -0.05) is 0 Å². The van der Waals surface area contributed by atoms with Crippen molar-refractivity contribution in [3.05, 3.63) is 36.9 Å². The molecule has 2 aromatic heterocycles. The lowest BCUT2D eigenvalue weighted by atomic mass is 9.92. The maximum Gasteiger partial charge on any atom is 0.225 e. The number of carbonyl (C=O) groups excluding carboxylic acids is 1. The van der Waals surface area contributed by atoms with Gasteiger partial charge in [-0.3, -0.25) is 9.48 Å². The largest absolute Gasteiger partial charge is 0.386 e. The quantitative estimate of drug-likeness (QED) is 0.793. The first-order valence-electron chi connectivity index (χ1n) is 9.01. The van der Waals surface area contributed by atoms with Gasteiger partial charge in [0.05, 0.1) is 18.7 Å². The van der Waals surface area contributed by atoms with Crippen molar-refractivity contribution in [2.24, 2.45) is 0 Å². The number of aryl methyl sites for hydroxylation is 1. The van der Waals surface area contributed by atoms with Crippen LogP contribution in [0.25, 0.3) is 0 Å². The van der Waals surface area contributed by atoms with E-state index < -0.39 is 5.60 Å². The predicted octanol–water partition coefficient (Wildman–Crippen LogP) is 0.943. The van der Waals surface area contributed by atoms with Crippen LogP contribution in [0.3, 0.4) is 0 Å². The first-order valence-corrected chi connectivity index (χ1v) is 9.01. The zero-order chi connectivity index (χ0) is 18.4. The Bertz CT molecular complexity index is 693. The number of nitrogens with zero attached hydrogens (tertiary/aromatic N) is 6. The van der Waals surface area contributed by atoms with Gasteiger partial charge in [0, 0.05) is 51.3 Å². The van der Waals surface area contributed by atoms with E-state index in [1.54, 1.807) is 36.6 Å². The highest BCUT2D eigenvalue weighted by Gasteiger charge is 2.36. The summed E-state index contributed by atoms with van der Waals surface area (Å²) in [6, 6.07) is 3.64. The number of aromatic nitrogens is 4. The summed E-state index contributed by atoms with van der Waals surface area (Å²) >= 11 is 0. The Hall–Kier alpha value is -2.48. The van der Waals surface area contributed by atoms with Gasteiger partial charge in [0.25, 0.3) is 0 Å². The van der Waals surface area contributed by atoms with E-state index in [2.05, 4.69) is 15.1 Å². The van der Waals surface area contributed by atoms with Gasteiger partial charge in [0.2, 0.25) is 11.9 Å². The van der Waals surface area contributed by atoms with Crippen molar-refractivity contribution in [2.75, 3.05) is 31.6 Å². The van der Waals surface area contributed by atoms with Gasteiger partial charge in [-0.05, 0) is 31.4 Å². The Balaban J connectivity index is 1.50. The van der Waals surface area contributed by atoms with Gasteiger partial charge in [-0.25, -0.2) is 9.97 Å². The van der Waals surface area contributed by atoms with E-state index >= 15 is 0 Å². The summed E-state index contributed by atoms with van der Waals surface area (Å²) in [6.07, 6.45) is 9.70. The number of anilines is 1. The summed E-state index contributed by atoms with van der Waals surface area (Å²) in [5, 5.41) is 15.1. The molecule has 0 unspecified atom stereocenters. The Kier molecular flexibility index (Phi) is 5.82. The fraction of sp³-hybridized carbons (Fsp3) is 0.556. The Morgan fingerprint density at radius 3 is 2.85 bits per heavy atom. The number of piperidine rings is 1. The highest BCUT2D eigenvalue weighted by molar-refractivity contribution is 5.75. The molecule has 0 saturated carbocycles. The van der Waals surface area contributed by atoms with Crippen molar-refractivity contribution in [3.8, 4) is 0 Å². The minimum absolute atomic E-state index is 0.0404. The molecular weight excluding hydrogens is 332 g/mol. The molecule has 0 bridgehead atoms. The molecule has 3 rings (SSSR count). The molecule has 1 amide bonds. The summed E-state index contributed by atoms with van der Waals surface area (Å²) in [6.45, 7) is 2.28. The van der Waals surface area contributed by atoms with E-state index in [9.17, 15) is 9.90 Å². The van der Waals surface area contributed by atoms with Crippen molar-refractivity contribution in [3.63, 3.8) is 0 Å². The third kappa shape index (κ3) is 4.78. The van der Waals surface area contributed by atoms with Crippen LogP contribution < -0.4 is 4.90 Å². The van der Waals surface area contributed by atoms with Crippen LogP contribution in [0.5, 0.6) is 0 Å². The van der Waals surface area contributed by atoms with E-state index in [0.29, 0.717) is 31.9 Å². The van der Waals surface area contributed by atoms with Gasteiger partial charge in [-0.2, -0.15) is 5.10 Å². The monoisotopic (exact) mass is 358 g/mol. The molecule has 1 aliphatic rings. The molecule has 0 spiro atoms. The summed E-state index contributed by atoms with van der Waals surface area (Å²) in [4.78, 5) is 24.5. The number of carbonyl (C=O) groups is 1.